The van der Waals surface area contributed by atoms with Crippen molar-refractivity contribution in [3.8, 4) is 0 Å². The Labute approximate surface area is 140 Å². The number of aldehydes is 1. The van der Waals surface area contributed by atoms with E-state index in [1.165, 1.54) is 4.90 Å². The van der Waals surface area contributed by atoms with Gasteiger partial charge in [0.1, 0.15) is 6.29 Å². The van der Waals surface area contributed by atoms with Gasteiger partial charge in [-0.15, -0.1) is 0 Å². The van der Waals surface area contributed by atoms with Gasteiger partial charge in [0.25, 0.3) is 11.8 Å². The average Bonchev–Trinajstić information content (AvgIpc) is 3.18. The highest BCUT2D eigenvalue weighted by Crippen LogP contribution is 2.34. The van der Waals surface area contributed by atoms with Crippen LogP contribution in [-0.4, -0.2) is 54.3 Å². The lowest BCUT2D eigenvalue weighted by molar-refractivity contribution is -0.110. The highest BCUT2D eigenvalue weighted by molar-refractivity contribution is 6.21. The van der Waals surface area contributed by atoms with Gasteiger partial charge in [0.15, 0.2) is 0 Å². The molecule has 6 nitrogen and oxygen atoms in total. The van der Waals surface area contributed by atoms with Crippen LogP contribution in [0.2, 0.25) is 0 Å². The smallest absolute Gasteiger partial charge is 0.261 e. The lowest BCUT2D eigenvalue weighted by atomic mass is 9.80. The van der Waals surface area contributed by atoms with Gasteiger partial charge in [-0.05, 0) is 25.0 Å². The Balaban J connectivity index is 1.57. The molecular formula is C18H20N2O4. The predicted octanol–water partition coefficient (Wildman–Crippen LogP) is 1.01. The molecule has 1 aromatic rings. The van der Waals surface area contributed by atoms with E-state index in [1.54, 1.807) is 24.3 Å². The molecule has 0 saturated carbocycles. The fourth-order valence-corrected chi connectivity index (χ4v) is 4.14. The van der Waals surface area contributed by atoms with Gasteiger partial charge in [-0.3, -0.25) is 14.5 Å². The van der Waals surface area contributed by atoms with E-state index in [1.807, 2.05) is 0 Å². The molecule has 4 atom stereocenters. The zero-order valence-electron chi connectivity index (χ0n) is 13.3. The van der Waals surface area contributed by atoms with Crippen LogP contribution in [-0.2, 0) is 9.53 Å². The Morgan fingerprint density at radius 3 is 2.46 bits per heavy atom. The van der Waals surface area contributed by atoms with Crippen LogP contribution in [0.1, 0.15) is 40.0 Å². The van der Waals surface area contributed by atoms with Crippen LogP contribution in [0.15, 0.2) is 24.3 Å². The molecule has 4 rings (SSSR count). The third-order valence-electron chi connectivity index (χ3n) is 5.41. The zero-order valence-corrected chi connectivity index (χ0v) is 13.3. The molecule has 1 N–H and O–H groups in total. The first-order valence-corrected chi connectivity index (χ1v) is 8.48. The van der Waals surface area contributed by atoms with E-state index in [-0.39, 0.29) is 35.9 Å². The van der Waals surface area contributed by atoms with Crippen molar-refractivity contribution in [3.05, 3.63) is 35.4 Å². The Kier molecular flexibility index (Phi) is 3.94. The summed E-state index contributed by atoms with van der Waals surface area (Å²) in [6.07, 6.45) is 3.22. The van der Waals surface area contributed by atoms with Crippen molar-refractivity contribution in [1.82, 2.24) is 10.2 Å². The van der Waals surface area contributed by atoms with Crippen molar-refractivity contribution in [2.75, 3.05) is 13.2 Å². The zero-order chi connectivity index (χ0) is 16.7. The highest BCUT2D eigenvalue weighted by atomic mass is 16.5. The molecule has 24 heavy (non-hydrogen) atoms. The van der Waals surface area contributed by atoms with Crippen LogP contribution in [0.5, 0.6) is 0 Å². The van der Waals surface area contributed by atoms with Gasteiger partial charge >= 0.3 is 0 Å². The van der Waals surface area contributed by atoms with Crippen LogP contribution in [0.4, 0.5) is 0 Å². The molecule has 6 heteroatoms. The molecule has 1 aromatic carbocycles. The number of amides is 2. The maximum Gasteiger partial charge on any atom is 0.261 e. The topological polar surface area (TPSA) is 75.7 Å². The minimum absolute atomic E-state index is 0.00642. The highest BCUT2D eigenvalue weighted by Gasteiger charge is 2.50. The fourth-order valence-electron chi connectivity index (χ4n) is 4.14. The first-order chi connectivity index (χ1) is 11.7. The number of hydrogen-bond acceptors (Lipinski definition) is 5. The van der Waals surface area contributed by atoms with E-state index < -0.39 is 0 Å². The van der Waals surface area contributed by atoms with E-state index in [0.29, 0.717) is 30.7 Å². The monoisotopic (exact) mass is 328 g/mol. The number of nitrogens with zero attached hydrogens (tertiary/aromatic N) is 1. The summed E-state index contributed by atoms with van der Waals surface area (Å²) in [6.45, 7) is 1.28. The van der Waals surface area contributed by atoms with Crippen LogP contribution in [0.3, 0.4) is 0 Å². The molecule has 126 valence electrons. The van der Waals surface area contributed by atoms with Crippen molar-refractivity contribution in [2.24, 2.45) is 5.92 Å². The second-order valence-electron chi connectivity index (χ2n) is 6.64. The molecule has 0 spiro atoms. The number of fused-ring (bicyclic) bond motifs is 1. The van der Waals surface area contributed by atoms with Crippen molar-refractivity contribution in [3.63, 3.8) is 0 Å². The molecule has 3 heterocycles. The molecule has 0 bridgehead atoms. The molecule has 3 aliphatic heterocycles. The van der Waals surface area contributed by atoms with Crippen LogP contribution in [0.25, 0.3) is 0 Å². The minimum atomic E-state index is -0.232. The van der Waals surface area contributed by atoms with E-state index in [4.69, 9.17) is 4.74 Å². The van der Waals surface area contributed by atoms with E-state index in [2.05, 4.69) is 5.32 Å². The summed E-state index contributed by atoms with van der Waals surface area (Å²) in [7, 11) is 0. The van der Waals surface area contributed by atoms with E-state index >= 15 is 0 Å². The fraction of sp³-hybridized carbons (Fsp3) is 0.500. The average molecular weight is 328 g/mol. The summed E-state index contributed by atoms with van der Waals surface area (Å²) in [5.74, 6) is -0.471. The molecular weight excluding hydrogens is 308 g/mol. The van der Waals surface area contributed by atoms with E-state index in [0.717, 1.165) is 19.1 Å². The Bertz CT molecular complexity index is 648. The molecule has 1 unspecified atom stereocenters. The summed E-state index contributed by atoms with van der Waals surface area (Å²) in [5.41, 5.74) is 0.939. The van der Waals surface area contributed by atoms with Gasteiger partial charge < -0.3 is 14.8 Å². The lowest BCUT2D eigenvalue weighted by Gasteiger charge is -2.47. The number of imide groups is 1. The van der Waals surface area contributed by atoms with Crippen LogP contribution < -0.4 is 5.32 Å². The molecule has 2 fully saturated rings. The number of benzene rings is 1. The third kappa shape index (κ3) is 2.29. The predicted molar refractivity (Wildman–Crippen MR) is 85.7 cm³/mol. The van der Waals surface area contributed by atoms with Crippen molar-refractivity contribution in [2.45, 2.75) is 37.5 Å². The van der Waals surface area contributed by atoms with Gasteiger partial charge in [-0.1, -0.05) is 12.1 Å². The summed E-state index contributed by atoms with van der Waals surface area (Å²) in [5, 5.41) is 3.32. The van der Waals surface area contributed by atoms with Crippen molar-refractivity contribution >= 4 is 18.1 Å². The summed E-state index contributed by atoms with van der Waals surface area (Å²) >= 11 is 0. The van der Waals surface area contributed by atoms with Gasteiger partial charge in [-0.25, -0.2) is 0 Å². The number of nitrogens with one attached hydrogen (secondary N) is 1. The lowest BCUT2D eigenvalue weighted by Crippen LogP contribution is -2.69. The van der Waals surface area contributed by atoms with Crippen molar-refractivity contribution < 1.29 is 19.1 Å². The second-order valence-corrected chi connectivity index (χ2v) is 6.64. The standard InChI is InChI=1S/C18H20N2O4/c21-8-7-13(15-6-3-9-24-15)16-14(10-19-16)20-17(22)11-4-1-2-5-12(11)18(20)23/h1-2,4-5,8,13-16,19H,3,6-7,9-10H2/t13?,14-,15-,16+/m0/s1. The van der Waals surface area contributed by atoms with Crippen molar-refractivity contribution in [1.29, 1.82) is 0 Å². The van der Waals surface area contributed by atoms with Crippen LogP contribution in [0, 0.1) is 5.92 Å². The number of ether oxygens (including phenoxy) is 1. The first-order valence-electron chi connectivity index (χ1n) is 8.48. The minimum Gasteiger partial charge on any atom is -0.378 e. The summed E-state index contributed by atoms with van der Waals surface area (Å²) in [6, 6.07) is 6.63. The first kappa shape index (κ1) is 15.5. The van der Waals surface area contributed by atoms with Gasteiger partial charge in [-0.2, -0.15) is 0 Å². The third-order valence-corrected chi connectivity index (χ3v) is 5.41. The molecule has 0 aliphatic carbocycles. The van der Waals surface area contributed by atoms with Crippen LogP contribution >= 0.6 is 0 Å². The van der Waals surface area contributed by atoms with Gasteiger partial charge in [0.2, 0.25) is 0 Å². The molecule has 2 amide bonds. The summed E-state index contributed by atoms with van der Waals surface area (Å²) in [4.78, 5) is 37.8. The molecule has 2 saturated heterocycles. The number of hydrogen-bond donors (Lipinski definition) is 1. The Hall–Kier alpha value is -2.05. The number of carbonyl (C=O) groups excluding carboxylic acids is 3. The molecule has 0 aromatic heterocycles. The maximum atomic E-state index is 12.7. The maximum absolute atomic E-state index is 12.7. The largest absolute Gasteiger partial charge is 0.378 e. The van der Waals surface area contributed by atoms with Gasteiger partial charge in [0, 0.05) is 31.5 Å². The summed E-state index contributed by atoms with van der Waals surface area (Å²) < 4.78 is 5.76. The Morgan fingerprint density at radius 1 is 1.25 bits per heavy atom. The number of rotatable bonds is 5. The normalized spacial score (nSPS) is 30.2. The SMILES string of the molecule is O=CCC([C@@H]1CCCO1)[C@H]1NC[C@@H]1N1C(=O)c2ccccc2C1=O. The quantitative estimate of drug-likeness (QED) is 0.645. The Morgan fingerprint density at radius 2 is 1.96 bits per heavy atom. The van der Waals surface area contributed by atoms with Gasteiger partial charge in [0.05, 0.1) is 23.3 Å². The molecule has 0 radical (unpaired) electrons. The number of carbonyl (C=O) groups is 3. The second kappa shape index (κ2) is 6.11. The molecule has 3 aliphatic rings. The van der Waals surface area contributed by atoms with E-state index in [9.17, 15) is 14.4 Å².